The summed E-state index contributed by atoms with van der Waals surface area (Å²) in [5, 5.41) is 12.3. The highest BCUT2D eigenvalue weighted by atomic mass is 16.5. The number of anilines is 2. The van der Waals surface area contributed by atoms with E-state index in [0.717, 1.165) is 31.9 Å². The minimum Gasteiger partial charge on any atom is -0.508 e. The number of hydrogen-bond acceptors (Lipinski definition) is 5. The van der Waals surface area contributed by atoms with E-state index in [1.54, 1.807) is 44.6 Å². The molecule has 1 heterocycles. The number of carbonyl (C=O) groups excluding carboxylic acids is 1. The molecular formula is C20H26N3O4+. The summed E-state index contributed by atoms with van der Waals surface area (Å²) in [6, 6.07) is 12.6. The van der Waals surface area contributed by atoms with Crippen LogP contribution in [0.5, 0.6) is 17.2 Å². The van der Waals surface area contributed by atoms with E-state index >= 15 is 0 Å². The molecule has 0 saturated carbocycles. The van der Waals surface area contributed by atoms with E-state index in [1.165, 1.54) is 4.90 Å². The number of nitrogens with zero attached hydrogens (tertiary/aromatic N) is 1. The smallest absolute Gasteiger partial charge is 0.279 e. The van der Waals surface area contributed by atoms with E-state index in [1.807, 2.05) is 12.1 Å². The molecule has 7 nitrogen and oxygen atoms in total. The number of rotatable bonds is 6. The molecule has 0 radical (unpaired) electrons. The maximum atomic E-state index is 12.5. The van der Waals surface area contributed by atoms with Gasteiger partial charge in [-0.1, -0.05) is 0 Å². The van der Waals surface area contributed by atoms with Crippen molar-refractivity contribution in [2.45, 2.75) is 0 Å². The Morgan fingerprint density at radius 2 is 1.81 bits per heavy atom. The van der Waals surface area contributed by atoms with E-state index < -0.39 is 0 Å². The number of piperazine rings is 1. The number of methoxy groups -OCH3 is 2. The number of amides is 1. The van der Waals surface area contributed by atoms with Crippen LogP contribution in [0.1, 0.15) is 0 Å². The number of aromatic hydroxyl groups is 1. The number of benzene rings is 2. The Morgan fingerprint density at radius 1 is 1.11 bits per heavy atom. The second-order valence-corrected chi connectivity index (χ2v) is 6.54. The number of ether oxygens (including phenoxy) is 2. The first-order valence-electron chi connectivity index (χ1n) is 8.98. The van der Waals surface area contributed by atoms with Gasteiger partial charge in [-0.3, -0.25) is 4.79 Å². The Balaban J connectivity index is 1.53. The molecule has 1 saturated heterocycles. The first-order chi connectivity index (χ1) is 13.1. The molecule has 27 heavy (non-hydrogen) atoms. The lowest BCUT2D eigenvalue weighted by molar-refractivity contribution is -0.892. The fraction of sp³-hybridized carbons (Fsp3) is 0.350. The fourth-order valence-electron chi connectivity index (χ4n) is 3.25. The van der Waals surface area contributed by atoms with E-state index in [2.05, 4.69) is 10.2 Å². The standard InChI is InChI=1S/C20H25N3O4/c1-26-17-7-8-19(27-2)18(13-17)21-20(25)14-22-9-11-23(12-10-22)15-3-5-16(24)6-4-15/h3-8,13,24H,9-12,14H2,1-2H3,(H,21,25)/p+1. The summed E-state index contributed by atoms with van der Waals surface area (Å²) >= 11 is 0. The maximum Gasteiger partial charge on any atom is 0.279 e. The zero-order valence-electron chi connectivity index (χ0n) is 15.7. The van der Waals surface area contributed by atoms with Crippen molar-refractivity contribution in [2.24, 2.45) is 0 Å². The van der Waals surface area contributed by atoms with Crippen LogP contribution in [0.15, 0.2) is 42.5 Å². The minimum atomic E-state index is -0.0466. The molecule has 2 aromatic rings. The van der Waals surface area contributed by atoms with Crippen LogP contribution in [-0.2, 0) is 4.79 Å². The number of phenolic OH excluding ortho intramolecular Hbond substituents is 1. The molecule has 0 unspecified atom stereocenters. The van der Waals surface area contributed by atoms with Crippen molar-refractivity contribution in [3.05, 3.63) is 42.5 Å². The normalized spacial score (nSPS) is 14.7. The third-order valence-corrected chi connectivity index (χ3v) is 4.78. The van der Waals surface area contributed by atoms with Gasteiger partial charge in [0.05, 0.1) is 46.1 Å². The number of phenols is 1. The highest BCUT2D eigenvalue weighted by Crippen LogP contribution is 2.28. The molecule has 0 aromatic heterocycles. The second kappa shape index (κ2) is 8.64. The van der Waals surface area contributed by atoms with Crippen molar-refractivity contribution in [3.8, 4) is 17.2 Å². The molecule has 1 amide bonds. The average molecular weight is 372 g/mol. The van der Waals surface area contributed by atoms with Crippen LogP contribution in [0.4, 0.5) is 11.4 Å². The van der Waals surface area contributed by atoms with Gasteiger partial charge in [-0.05, 0) is 36.4 Å². The summed E-state index contributed by atoms with van der Waals surface area (Å²) in [4.78, 5) is 16.0. The van der Waals surface area contributed by atoms with Gasteiger partial charge in [-0.2, -0.15) is 0 Å². The van der Waals surface area contributed by atoms with E-state index in [4.69, 9.17) is 9.47 Å². The second-order valence-electron chi connectivity index (χ2n) is 6.54. The summed E-state index contributed by atoms with van der Waals surface area (Å²) in [7, 11) is 3.16. The van der Waals surface area contributed by atoms with Crippen LogP contribution in [0, 0.1) is 0 Å². The van der Waals surface area contributed by atoms with Gasteiger partial charge in [0.25, 0.3) is 5.91 Å². The van der Waals surface area contributed by atoms with Crippen LogP contribution < -0.4 is 24.6 Å². The fourth-order valence-corrected chi connectivity index (χ4v) is 3.25. The number of hydrogen-bond donors (Lipinski definition) is 3. The van der Waals surface area contributed by atoms with Gasteiger partial charge in [-0.15, -0.1) is 0 Å². The SMILES string of the molecule is COc1ccc(OC)c(NC(=O)C[NH+]2CCN(c3ccc(O)cc3)CC2)c1. The summed E-state index contributed by atoms with van der Waals surface area (Å²) < 4.78 is 10.5. The molecule has 0 aliphatic carbocycles. The van der Waals surface area contributed by atoms with Crippen LogP contribution in [0.3, 0.4) is 0 Å². The molecule has 3 N–H and O–H groups in total. The van der Waals surface area contributed by atoms with Crippen molar-refractivity contribution in [1.29, 1.82) is 0 Å². The highest BCUT2D eigenvalue weighted by Gasteiger charge is 2.23. The third kappa shape index (κ3) is 4.83. The van der Waals surface area contributed by atoms with Crippen LogP contribution in [0.2, 0.25) is 0 Å². The Bertz CT molecular complexity index is 771. The van der Waals surface area contributed by atoms with Gasteiger partial charge in [0.15, 0.2) is 6.54 Å². The monoisotopic (exact) mass is 372 g/mol. The molecule has 1 fully saturated rings. The molecule has 3 rings (SSSR count). The molecular weight excluding hydrogens is 346 g/mol. The summed E-state index contributed by atoms with van der Waals surface area (Å²) in [6.07, 6.45) is 0. The molecule has 2 aromatic carbocycles. The van der Waals surface area contributed by atoms with Crippen LogP contribution in [0.25, 0.3) is 0 Å². The predicted octanol–water partition coefficient (Wildman–Crippen LogP) is 0.753. The molecule has 1 aliphatic heterocycles. The molecule has 144 valence electrons. The largest absolute Gasteiger partial charge is 0.508 e. The van der Waals surface area contributed by atoms with Crippen LogP contribution >= 0.6 is 0 Å². The number of carbonyl (C=O) groups is 1. The topological polar surface area (TPSA) is 75.5 Å². The van der Waals surface area contributed by atoms with Gasteiger partial charge in [0.2, 0.25) is 0 Å². The lowest BCUT2D eigenvalue weighted by Crippen LogP contribution is -3.15. The first kappa shape index (κ1) is 18.8. The van der Waals surface area contributed by atoms with Gasteiger partial charge < -0.3 is 29.7 Å². The lowest BCUT2D eigenvalue weighted by Gasteiger charge is -2.33. The Hall–Kier alpha value is -2.93. The molecule has 7 heteroatoms. The zero-order chi connectivity index (χ0) is 19.2. The highest BCUT2D eigenvalue weighted by molar-refractivity contribution is 5.93. The Kier molecular flexibility index (Phi) is 6.03. The molecule has 0 atom stereocenters. The van der Waals surface area contributed by atoms with Crippen molar-refractivity contribution in [2.75, 3.05) is 57.2 Å². The summed E-state index contributed by atoms with van der Waals surface area (Å²) in [6.45, 7) is 3.91. The third-order valence-electron chi connectivity index (χ3n) is 4.78. The zero-order valence-corrected chi connectivity index (χ0v) is 15.7. The van der Waals surface area contributed by atoms with Crippen molar-refractivity contribution in [1.82, 2.24) is 0 Å². The predicted molar refractivity (Wildman–Crippen MR) is 104 cm³/mol. The Morgan fingerprint density at radius 3 is 2.44 bits per heavy atom. The van der Waals surface area contributed by atoms with Crippen molar-refractivity contribution < 1.29 is 24.3 Å². The maximum absolute atomic E-state index is 12.5. The van der Waals surface area contributed by atoms with Crippen molar-refractivity contribution >= 4 is 17.3 Å². The van der Waals surface area contributed by atoms with Gasteiger partial charge in [0.1, 0.15) is 17.2 Å². The van der Waals surface area contributed by atoms with E-state index in [-0.39, 0.29) is 11.7 Å². The minimum absolute atomic E-state index is 0.0466. The Labute approximate surface area is 159 Å². The van der Waals surface area contributed by atoms with Crippen LogP contribution in [-0.4, -0.2) is 58.0 Å². The lowest BCUT2D eigenvalue weighted by atomic mass is 10.2. The quantitative estimate of drug-likeness (QED) is 0.698. The van der Waals surface area contributed by atoms with Crippen molar-refractivity contribution in [3.63, 3.8) is 0 Å². The molecule has 1 aliphatic rings. The summed E-state index contributed by atoms with van der Waals surface area (Å²) in [5.74, 6) is 1.50. The van der Waals surface area contributed by atoms with Gasteiger partial charge in [0, 0.05) is 11.8 Å². The average Bonchev–Trinajstić information content (AvgIpc) is 2.69. The number of nitrogens with one attached hydrogen (secondary N) is 2. The first-order valence-corrected chi connectivity index (χ1v) is 8.98. The van der Waals surface area contributed by atoms with E-state index in [0.29, 0.717) is 23.7 Å². The molecule has 0 bridgehead atoms. The summed E-state index contributed by atoms with van der Waals surface area (Å²) in [5.41, 5.74) is 1.71. The molecule has 0 spiro atoms. The number of quaternary nitrogens is 1. The van der Waals surface area contributed by atoms with Gasteiger partial charge in [-0.25, -0.2) is 0 Å². The van der Waals surface area contributed by atoms with Gasteiger partial charge >= 0.3 is 0 Å². The van der Waals surface area contributed by atoms with E-state index in [9.17, 15) is 9.90 Å².